The number of aryl methyl sites for hydroxylation is 1. The Morgan fingerprint density at radius 1 is 1.05 bits per heavy atom. The molecule has 0 bridgehead atoms. The Labute approximate surface area is 214 Å². The maximum absolute atomic E-state index is 12.9. The number of hydrogen-bond acceptors (Lipinski definition) is 7. The van der Waals surface area contributed by atoms with Gasteiger partial charge in [0.15, 0.2) is 6.61 Å². The summed E-state index contributed by atoms with van der Waals surface area (Å²) in [5.41, 5.74) is 3.30. The first kappa shape index (κ1) is 24.1. The molecule has 0 spiro atoms. The van der Waals surface area contributed by atoms with Crippen molar-refractivity contribution < 1.29 is 23.5 Å². The van der Waals surface area contributed by atoms with Crippen LogP contribution in [-0.2, 0) is 16.2 Å². The molecule has 2 heterocycles. The Bertz CT molecular complexity index is 1400. The molecule has 1 fully saturated rings. The SMILES string of the molecule is COc1ccc(N2C[C@H](C(=O)Nc3cccc(OCc4nnc(-c5ccc(C)cc5)o4)c3)CC2=O)cc1. The number of amides is 2. The molecule has 9 nitrogen and oxygen atoms in total. The average molecular weight is 499 g/mol. The first-order chi connectivity index (χ1) is 18.0. The van der Waals surface area contributed by atoms with E-state index in [0.29, 0.717) is 35.5 Å². The van der Waals surface area contributed by atoms with E-state index >= 15 is 0 Å². The van der Waals surface area contributed by atoms with Crippen molar-refractivity contribution in [1.29, 1.82) is 0 Å². The smallest absolute Gasteiger partial charge is 0.254 e. The lowest BCUT2D eigenvalue weighted by atomic mass is 10.1. The highest BCUT2D eigenvalue weighted by Crippen LogP contribution is 2.28. The molecule has 1 atom stereocenters. The Kier molecular flexibility index (Phi) is 6.85. The zero-order chi connectivity index (χ0) is 25.8. The van der Waals surface area contributed by atoms with Crippen molar-refractivity contribution in [3.63, 3.8) is 0 Å². The van der Waals surface area contributed by atoms with Gasteiger partial charge in [-0.25, -0.2) is 0 Å². The van der Waals surface area contributed by atoms with Crippen LogP contribution in [0, 0.1) is 12.8 Å². The van der Waals surface area contributed by atoms with Gasteiger partial charge in [0.25, 0.3) is 5.89 Å². The topological polar surface area (TPSA) is 107 Å². The van der Waals surface area contributed by atoms with Gasteiger partial charge in [-0.3, -0.25) is 9.59 Å². The van der Waals surface area contributed by atoms with Crippen molar-refractivity contribution in [1.82, 2.24) is 10.2 Å². The number of aromatic nitrogens is 2. The highest BCUT2D eigenvalue weighted by molar-refractivity contribution is 6.03. The summed E-state index contributed by atoms with van der Waals surface area (Å²) < 4.78 is 16.7. The van der Waals surface area contributed by atoms with Gasteiger partial charge in [-0.1, -0.05) is 23.8 Å². The second kappa shape index (κ2) is 10.5. The van der Waals surface area contributed by atoms with Crippen LogP contribution in [0.5, 0.6) is 11.5 Å². The summed E-state index contributed by atoms with van der Waals surface area (Å²) in [4.78, 5) is 27.1. The maximum atomic E-state index is 12.9. The van der Waals surface area contributed by atoms with Gasteiger partial charge < -0.3 is 24.1 Å². The number of methoxy groups -OCH3 is 1. The molecule has 0 radical (unpaired) electrons. The molecule has 1 N–H and O–H groups in total. The van der Waals surface area contributed by atoms with Crippen LogP contribution in [0.4, 0.5) is 11.4 Å². The van der Waals surface area contributed by atoms with Crippen LogP contribution >= 0.6 is 0 Å². The lowest BCUT2D eigenvalue weighted by molar-refractivity contribution is -0.122. The molecule has 188 valence electrons. The molecule has 0 unspecified atom stereocenters. The second-order valence-electron chi connectivity index (χ2n) is 8.78. The predicted octanol–water partition coefficient (Wildman–Crippen LogP) is 4.62. The number of benzene rings is 3. The predicted molar refractivity (Wildman–Crippen MR) is 137 cm³/mol. The molecule has 4 aromatic rings. The van der Waals surface area contributed by atoms with Crippen LogP contribution in [0.2, 0.25) is 0 Å². The van der Waals surface area contributed by atoms with E-state index in [1.165, 1.54) is 0 Å². The third-order valence-corrected chi connectivity index (χ3v) is 6.11. The van der Waals surface area contributed by atoms with Gasteiger partial charge in [-0.05, 0) is 55.5 Å². The highest BCUT2D eigenvalue weighted by atomic mass is 16.5. The van der Waals surface area contributed by atoms with E-state index in [-0.39, 0.29) is 24.8 Å². The largest absolute Gasteiger partial charge is 0.497 e. The van der Waals surface area contributed by atoms with E-state index < -0.39 is 5.92 Å². The van der Waals surface area contributed by atoms with E-state index in [1.54, 1.807) is 48.4 Å². The summed E-state index contributed by atoms with van der Waals surface area (Å²) in [5, 5.41) is 11.0. The fourth-order valence-electron chi connectivity index (χ4n) is 4.07. The molecule has 2 amide bonds. The first-order valence-electron chi connectivity index (χ1n) is 11.9. The average Bonchev–Trinajstić information content (AvgIpc) is 3.55. The van der Waals surface area contributed by atoms with Crippen LogP contribution < -0.4 is 19.7 Å². The molecule has 0 saturated carbocycles. The van der Waals surface area contributed by atoms with Crippen molar-refractivity contribution in [3.8, 4) is 23.0 Å². The molecule has 1 saturated heterocycles. The number of ether oxygens (including phenoxy) is 2. The lowest BCUT2D eigenvalue weighted by Crippen LogP contribution is -2.28. The normalized spacial score (nSPS) is 15.0. The Morgan fingerprint density at radius 3 is 2.59 bits per heavy atom. The highest BCUT2D eigenvalue weighted by Gasteiger charge is 2.35. The second-order valence-corrected chi connectivity index (χ2v) is 8.78. The van der Waals surface area contributed by atoms with Gasteiger partial charge in [0.2, 0.25) is 17.7 Å². The Morgan fingerprint density at radius 2 is 1.84 bits per heavy atom. The fraction of sp³-hybridized carbons (Fsp3) is 0.214. The summed E-state index contributed by atoms with van der Waals surface area (Å²) in [5.74, 6) is 1.24. The molecule has 37 heavy (non-hydrogen) atoms. The standard InChI is InChI=1S/C28H26N4O5/c1-18-6-8-19(9-7-18)28-31-30-25(37-28)17-36-24-5-3-4-21(15-24)29-27(34)20-14-26(33)32(16-20)22-10-12-23(35-2)13-11-22/h3-13,15,20H,14,16-17H2,1-2H3,(H,29,34)/t20-/m1/s1. The van der Waals surface area contributed by atoms with Gasteiger partial charge in [0, 0.05) is 36.0 Å². The van der Waals surface area contributed by atoms with Crippen molar-refractivity contribution in [2.45, 2.75) is 20.0 Å². The number of hydrogen-bond donors (Lipinski definition) is 1. The van der Waals surface area contributed by atoms with E-state index in [9.17, 15) is 9.59 Å². The molecule has 0 aliphatic carbocycles. The number of nitrogens with zero attached hydrogens (tertiary/aromatic N) is 3. The molecule has 1 aromatic heterocycles. The molecule has 3 aromatic carbocycles. The Hall–Kier alpha value is -4.66. The lowest BCUT2D eigenvalue weighted by Gasteiger charge is -2.17. The van der Waals surface area contributed by atoms with Crippen LogP contribution in [0.1, 0.15) is 17.9 Å². The zero-order valence-corrected chi connectivity index (χ0v) is 20.5. The number of carbonyl (C=O) groups excluding carboxylic acids is 2. The molecular weight excluding hydrogens is 472 g/mol. The van der Waals surface area contributed by atoms with Crippen molar-refractivity contribution in [3.05, 3.63) is 84.3 Å². The number of anilines is 2. The monoisotopic (exact) mass is 498 g/mol. The van der Waals surface area contributed by atoms with Gasteiger partial charge >= 0.3 is 0 Å². The van der Waals surface area contributed by atoms with Gasteiger partial charge in [-0.15, -0.1) is 10.2 Å². The van der Waals surface area contributed by atoms with E-state index in [2.05, 4.69) is 15.5 Å². The summed E-state index contributed by atoms with van der Waals surface area (Å²) in [6.07, 6.45) is 0.147. The molecule has 1 aliphatic rings. The van der Waals surface area contributed by atoms with E-state index in [0.717, 1.165) is 16.8 Å². The summed E-state index contributed by atoms with van der Waals surface area (Å²) in [6, 6.07) is 22.0. The minimum absolute atomic E-state index is 0.0875. The number of carbonyl (C=O) groups is 2. The first-order valence-corrected chi connectivity index (χ1v) is 11.9. The molecular formula is C28H26N4O5. The van der Waals surface area contributed by atoms with Gasteiger partial charge in [0.1, 0.15) is 11.5 Å². The third-order valence-electron chi connectivity index (χ3n) is 6.11. The molecule has 5 rings (SSSR count). The van der Waals surface area contributed by atoms with E-state index in [1.807, 2.05) is 43.3 Å². The van der Waals surface area contributed by atoms with Crippen molar-refractivity contribution >= 4 is 23.2 Å². The summed E-state index contributed by atoms with van der Waals surface area (Å²) >= 11 is 0. The summed E-state index contributed by atoms with van der Waals surface area (Å²) in [7, 11) is 1.59. The van der Waals surface area contributed by atoms with Gasteiger partial charge in [0.05, 0.1) is 13.0 Å². The minimum Gasteiger partial charge on any atom is -0.497 e. The van der Waals surface area contributed by atoms with Gasteiger partial charge in [-0.2, -0.15) is 0 Å². The molecule has 9 heteroatoms. The van der Waals surface area contributed by atoms with Crippen molar-refractivity contribution in [2.75, 3.05) is 23.9 Å². The number of nitrogens with one attached hydrogen (secondary N) is 1. The van der Waals surface area contributed by atoms with Crippen LogP contribution in [0.15, 0.2) is 77.2 Å². The molecule has 1 aliphatic heterocycles. The van der Waals surface area contributed by atoms with Crippen LogP contribution in [-0.4, -0.2) is 35.7 Å². The van der Waals surface area contributed by atoms with Crippen molar-refractivity contribution in [2.24, 2.45) is 5.92 Å². The fourth-order valence-corrected chi connectivity index (χ4v) is 4.07. The summed E-state index contributed by atoms with van der Waals surface area (Å²) in [6.45, 7) is 2.41. The maximum Gasteiger partial charge on any atom is 0.254 e. The number of rotatable bonds is 8. The van der Waals surface area contributed by atoms with Crippen LogP contribution in [0.25, 0.3) is 11.5 Å². The minimum atomic E-state index is -0.460. The Balaban J connectivity index is 1.17. The van der Waals surface area contributed by atoms with E-state index in [4.69, 9.17) is 13.9 Å². The van der Waals surface area contributed by atoms with Crippen LogP contribution in [0.3, 0.4) is 0 Å². The third kappa shape index (κ3) is 5.61. The zero-order valence-electron chi connectivity index (χ0n) is 20.5. The quantitative estimate of drug-likeness (QED) is 0.378.